The lowest BCUT2D eigenvalue weighted by Gasteiger charge is -2.09. The molecule has 5 heteroatoms. The molecule has 3 rings (SSSR count). The van der Waals surface area contributed by atoms with Crippen LogP contribution in [0.3, 0.4) is 0 Å². The molecule has 0 aromatic heterocycles. The fourth-order valence-electron chi connectivity index (χ4n) is 2.26. The number of amides is 1. The molecule has 3 aromatic carbocycles. The van der Waals surface area contributed by atoms with Gasteiger partial charge in [0.2, 0.25) is 5.91 Å². The summed E-state index contributed by atoms with van der Waals surface area (Å²) >= 11 is 1.03. The molecule has 116 valence electrons. The Labute approximate surface area is 136 Å². The molecule has 0 bridgehead atoms. The zero-order valence-corrected chi connectivity index (χ0v) is 12.9. The van der Waals surface area contributed by atoms with Crippen molar-refractivity contribution in [1.29, 1.82) is 0 Å². The Kier molecular flexibility index (Phi) is 4.57. The Morgan fingerprint density at radius 2 is 1.78 bits per heavy atom. The molecule has 1 amide bonds. The van der Waals surface area contributed by atoms with Crippen LogP contribution in [0, 0.1) is 11.6 Å². The first-order valence-corrected chi connectivity index (χ1v) is 7.97. The summed E-state index contributed by atoms with van der Waals surface area (Å²) in [5.41, 5.74) is 0.716. The van der Waals surface area contributed by atoms with Gasteiger partial charge in [-0.3, -0.25) is 4.79 Å². The van der Waals surface area contributed by atoms with Gasteiger partial charge in [-0.25, -0.2) is 8.78 Å². The Hall–Kier alpha value is -2.40. The van der Waals surface area contributed by atoms with Crippen molar-refractivity contribution in [1.82, 2.24) is 0 Å². The first kappa shape index (κ1) is 15.5. The molecule has 0 aliphatic heterocycles. The third-order valence-electron chi connectivity index (χ3n) is 3.32. The van der Waals surface area contributed by atoms with Gasteiger partial charge >= 0.3 is 0 Å². The number of nitrogens with one attached hydrogen (secondary N) is 1. The zero-order valence-electron chi connectivity index (χ0n) is 12.1. The van der Waals surface area contributed by atoms with E-state index in [2.05, 4.69) is 5.32 Å². The highest BCUT2D eigenvalue weighted by atomic mass is 32.2. The van der Waals surface area contributed by atoms with Crippen molar-refractivity contribution in [3.63, 3.8) is 0 Å². The third kappa shape index (κ3) is 3.68. The highest BCUT2D eigenvalue weighted by Crippen LogP contribution is 2.25. The molecule has 3 aromatic rings. The average Bonchev–Trinajstić information content (AvgIpc) is 2.54. The number of carbonyl (C=O) groups excluding carboxylic acids is 1. The van der Waals surface area contributed by atoms with Crippen molar-refractivity contribution in [3.8, 4) is 0 Å². The van der Waals surface area contributed by atoms with Crippen LogP contribution in [0.4, 0.5) is 14.5 Å². The maximum Gasteiger partial charge on any atom is 0.234 e. The molecule has 1 N–H and O–H groups in total. The van der Waals surface area contributed by atoms with Gasteiger partial charge in [0.25, 0.3) is 0 Å². The van der Waals surface area contributed by atoms with E-state index >= 15 is 0 Å². The predicted octanol–water partition coefficient (Wildman–Crippen LogP) is 4.85. The highest BCUT2D eigenvalue weighted by Gasteiger charge is 2.09. The number of benzene rings is 3. The van der Waals surface area contributed by atoms with Crippen LogP contribution in [0.25, 0.3) is 10.8 Å². The van der Waals surface area contributed by atoms with Crippen LogP contribution >= 0.6 is 11.8 Å². The molecule has 0 aliphatic carbocycles. The van der Waals surface area contributed by atoms with E-state index in [0.717, 1.165) is 28.6 Å². The second kappa shape index (κ2) is 6.79. The van der Waals surface area contributed by atoms with Gasteiger partial charge in [0.1, 0.15) is 11.6 Å². The molecule has 0 heterocycles. The number of thioether (sulfide) groups is 1. The van der Waals surface area contributed by atoms with E-state index in [1.165, 1.54) is 12.1 Å². The van der Waals surface area contributed by atoms with Crippen molar-refractivity contribution in [2.75, 3.05) is 11.1 Å². The van der Waals surface area contributed by atoms with Gasteiger partial charge in [0, 0.05) is 22.0 Å². The molecular formula is C18H13F2NOS. The molecule has 2 nitrogen and oxygen atoms in total. The minimum Gasteiger partial charge on any atom is -0.325 e. The predicted molar refractivity (Wildman–Crippen MR) is 89.7 cm³/mol. The molecule has 0 saturated heterocycles. The van der Waals surface area contributed by atoms with E-state index in [-0.39, 0.29) is 16.6 Å². The minimum atomic E-state index is -0.659. The van der Waals surface area contributed by atoms with E-state index < -0.39 is 11.6 Å². The summed E-state index contributed by atoms with van der Waals surface area (Å²) in [6.45, 7) is 0. The molecule has 0 unspecified atom stereocenters. The smallest absolute Gasteiger partial charge is 0.234 e. The Bertz CT molecular complexity index is 861. The van der Waals surface area contributed by atoms with Crippen molar-refractivity contribution < 1.29 is 13.6 Å². The van der Waals surface area contributed by atoms with Crippen molar-refractivity contribution in [3.05, 3.63) is 72.3 Å². The van der Waals surface area contributed by atoms with Gasteiger partial charge in [0.05, 0.1) is 5.75 Å². The average molecular weight is 329 g/mol. The maximum absolute atomic E-state index is 13.5. The summed E-state index contributed by atoms with van der Waals surface area (Å²) in [7, 11) is 0. The second-order valence-electron chi connectivity index (χ2n) is 4.94. The lowest BCUT2D eigenvalue weighted by Crippen LogP contribution is -2.14. The van der Waals surface area contributed by atoms with Crippen LogP contribution in [0.15, 0.2) is 65.6 Å². The van der Waals surface area contributed by atoms with Gasteiger partial charge < -0.3 is 5.32 Å². The minimum absolute atomic E-state index is 0.0474. The number of hydrogen-bond donors (Lipinski definition) is 1. The van der Waals surface area contributed by atoms with Gasteiger partial charge in [0.15, 0.2) is 0 Å². The van der Waals surface area contributed by atoms with E-state index in [4.69, 9.17) is 0 Å². The lowest BCUT2D eigenvalue weighted by molar-refractivity contribution is -0.113. The topological polar surface area (TPSA) is 29.1 Å². The van der Waals surface area contributed by atoms with Crippen LogP contribution in [-0.4, -0.2) is 11.7 Å². The largest absolute Gasteiger partial charge is 0.325 e. The molecule has 0 aliphatic rings. The Morgan fingerprint density at radius 3 is 2.61 bits per heavy atom. The summed E-state index contributed by atoms with van der Waals surface area (Å²) in [5, 5.41) is 4.81. The van der Waals surface area contributed by atoms with Gasteiger partial charge in [-0.2, -0.15) is 0 Å². The second-order valence-corrected chi connectivity index (χ2v) is 5.96. The molecule has 0 fully saturated rings. The summed E-state index contributed by atoms with van der Waals surface area (Å²) in [5.74, 6) is -1.48. The van der Waals surface area contributed by atoms with Crippen LogP contribution in [0.5, 0.6) is 0 Å². The summed E-state index contributed by atoms with van der Waals surface area (Å²) < 4.78 is 26.4. The first-order chi connectivity index (χ1) is 11.1. The molecule has 0 saturated carbocycles. The third-order valence-corrected chi connectivity index (χ3v) is 4.37. The lowest BCUT2D eigenvalue weighted by atomic mass is 10.1. The monoisotopic (exact) mass is 329 g/mol. The van der Waals surface area contributed by atoms with Gasteiger partial charge in [-0.15, -0.1) is 11.8 Å². The number of hydrogen-bond acceptors (Lipinski definition) is 2. The number of carbonyl (C=O) groups is 1. The normalized spacial score (nSPS) is 10.7. The van der Waals surface area contributed by atoms with Crippen LogP contribution in [-0.2, 0) is 4.79 Å². The Morgan fingerprint density at radius 1 is 1.00 bits per heavy atom. The van der Waals surface area contributed by atoms with Crippen molar-refractivity contribution >= 4 is 34.1 Å². The van der Waals surface area contributed by atoms with Crippen LogP contribution in [0.2, 0.25) is 0 Å². The number of halogens is 2. The standard InChI is InChI=1S/C18H13F2NOS/c19-13-8-9-17(15(20)10-13)23-11-18(22)21-16-7-3-5-12-4-1-2-6-14(12)16/h1-10H,11H2,(H,21,22). The molecule has 0 spiro atoms. The quantitative estimate of drug-likeness (QED) is 0.693. The fraction of sp³-hybridized carbons (Fsp3) is 0.0556. The zero-order chi connectivity index (χ0) is 16.2. The van der Waals surface area contributed by atoms with Crippen LogP contribution in [0.1, 0.15) is 0 Å². The van der Waals surface area contributed by atoms with E-state index in [0.29, 0.717) is 5.69 Å². The molecular weight excluding hydrogens is 316 g/mol. The maximum atomic E-state index is 13.5. The number of rotatable bonds is 4. The van der Waals surface area contributed by atoms with Crippen molar-refractivity contribution in [2.24, 2.45) is 0 Å². The number of anilines is 1. The summed E-state index contributed by atoms with van der Waals surface area (Å²) in [6.07, 6.45) is 0. The van der Waals surface area contributed by atoms with E-state index in [1.54, 1.807) is 0 Å². The molecule has 0 radical (unpaired) electrons. The van der Waals surface area contributed by atoms with Gasteiger partial charge in [-0.1, -0.05) is 36.4 Å². The van der Waals surface area contributed by atoms with Crippen molar-refractivity contribution in [2.45, 2.75) is 4.90 Å². The fourth-order valence-corrected chi connectivity index (χ4v) is 2.98. The Balaban J connectivity index is 1.69. The van der Waals surface area contributed by atoms with E-state index in [1.807, 2.05) is 42.5 Å². The molecule has 23 heavy (non-hydrogen) atoms. The van der Waals surface area contributed by atoms with E-state index in [9.17, 15) is 13.6 Å². The van der Waals surface area contributed by atoms with Crippen LogP contribution < -0.4 is 5.32 Å². The summed E-state index contributed by atoms with van der Waals surface area (Å²) in [4.78, 5) is 12.3. The molecule has 0 atom stereocenters. The summed E-state index contributed by atoms with van der Waals surface area (Å²) in [6, 6.07) is 16.7. The van der Waals surface area contributed by atoms with Gasteiger partial charge in [-0.05, 0) is 23.6 Å². The SMILES string of the molecule is O=C(CSc1ccc(F)cc1F)Nc1cccc2ccccc12. The highest BCUT2D eigenvalue weighted by molar-refractivity contribution is 8.00. The first-order valence-electron chi connectivity index (χ1n) is 6.99. The number of fused-ring (bicyclic) bond motifs is 1.